The molecule has 0 spiro atoms. The van der Waals surface area contributed by atoms with Gasteiger partial charge in [-0.15, -0.1) is 0 Å². The molecule has 1 fully saturated rings. The van der Waals surface area contributed by atoms with Crippen LogP contribution in [0, 0.1) is 0 Å². The molecule has 1 unspecified atom stereocenters. The minimum Gasteiger partial charge on any atom is -0.466 e. The highest BCUT2D eigenvalue weighted by Crippen LogP contribution is 2.36. The van der Waals surface area contributed by atoms with Gasteiger partial charge in [0.15, 0.2) is 0 Å². The van der Waals surface area contributed by atoms with Gasteiger partial charge in [-0.1, -0.05) is 83.9 Å². The van der Waals surface area contributed by atoms with Crippen LogP contribution in [0.2, 0.25) is 10.0 Å². The zero-order valence-corrected chi connectivity index (χ0v) is 27.6. The molecule has 9 nitrogen and oxygen atoms in total. The van der Waals surface area contributed by atoms with Crippen molar-refractivity contribution in [1.29, 1.82) is 0 Å². The summed E-state index contributed by atoms with van der Waals surface area (Å²) in [5.74, 6) is -0.479. The number of benzene rings is 4. The minimum atomic E-state index is -3.93. The predicted molar refractivity (Wildman–Crippen MR) is 183 cm³/mol. The van der Waals surface area contributed by atoms with Crippen LogP contribution < -0.4 is 9.03 Å². The van der Waals surface area contributed by atoms with Gasteiger partial charge in [-0.25, -0.2) is 14.0 Å². The van der Waals surface area contributed by atoms with Gasteiger partial charge in [-0.3, -0.25) is 9.59 Å². The SMILES string of the molecule is CCOC(=O)CCc1ccc(-c2ccc(C(c3ccc(N4CC(=O)NS4(=O)=O)cc3)c3ncc(-c4ccc(Cl)cc4Cl)[nH]3)cc2)cc1. The molecule has 1 amide bonds. The van der Waals surface area contributed by atoms with Crippen LogP contribution in [0.15, 0.2) is 97.2 Å². The molecule has 4 aromatic carbocycles. The third kappa shape index (κ3) is 7.20. The summed E-state index contributed by atoms with van der Waals surface area (Å²) < 4.78 is 32.9. The van der Waals surface area contributed by atoms with Gasteiger partial charge >= 0.3 is 16.2 Å². The number of aromatic nitrogens is 2. The Morgan fingerprint density at radius 2 is 1.57 bits per heavy atom. The Morgan fingerprint density at radius 3 is 2.17 bits per heavy atom. The molecule has 0 bridgehead atoms. The molecule has 6 rings (SSSR count). The first-order valence-corrected chi connectivity index (χ1v) is 17.1. The maximum atomic E-state index is 12.4. The van der Waals surface area contributed by atoms with Crippen LogP contribution in [0.1, 0.15) is 41.8 Å². The average molecular weight is 690 g/mol. The molecule has 5 aromatic rings. The van der Waals surface area contributed by atoms with Crippen LogP contribution in [0.25, 0.3) is 22.4 Å². The van der Waals surface area contributed by atoms with E-state index in [2.05, 4.69) is 4.98 Å². The molecule has 240 valence electrons. The Balaban J connectivity index is 1.31. The highest BCUT2D eigenvalue weighted by atomic mass is 35.5. The number of amides is 1. The number of ether oxygens (including phenoxy) is 1. The molecular formula is C35H30Cl2N4O5S. The molecule has 1 saturated heterocycles. The van der Waals surface area contributed by atoms with Gasteiger partial charge in [0.05, 0.1) is 35.1 Å². The lowest BCUT2D eigenvalue weighted by molar-refractivity contribution is -0.143. The van der Waals surface area contributed by atoms with Gasteiger partial charge in [0.1, 0.15) is 12.4 Å². The first-order valence-electron chi connectivity index (χ1n) is 14.9. The molecule has 0 aliphatic carbocycles. The first-order chi connectivity index (χ1) is 22.6. The highest BCUT2D eigenvalue weighted by Gasteiger charge is 2.34. The summed E-state index contributed by atoms with van der Waals surface area (Å²) in [5, 5.41) is 1.01. The normalized spacial score (nSPS) is 14.5. The van der Waals surface area contributed by atoms with E-state index in [1.54, 1.807) is 37.4 Å². The number of rotatable bonds is 10. The number of nitrogens with zero attached hydrogens (tertiary/aromatic N) is 2. The Hall–Kier alpha value is -4.64. The molecule has 1 aliphatic rings. The number of carbonyl (C=O) groups excluding carboxylic acids is 2. The summed E-state index contributed by atoms with van der Waals surface area (Å²) in [5.41, 5.74) is 6.75. The van der Waals surface area contributed by atoms with Crippen molar-refractivity contribution in [2.75, 3.05) is 17.5 Å². The van der Waals surface area contributed by atoms with Crippen molar-refractivity contribution in [2.24, 2.45) is 0 Å². The maximum Gasteiger partial charge on any atom is 0.326 e. The van der Waals surface area contributed by atoms with Crippen LogP contribution in [0.5, 0.6) is 0 Å². The summed E-state index contributed by atoms with van der Waals surface area (Å²) in [6.07, 6.45) is 2.67. The molecule has 0 radical (unpaired) electrons. The number of aromatic amines is 1. The van der Waals surface area contributed by atoms with Crippen molar-refractivity contribution in [1.82, 2.24) is 14.7 Å². The summed E-state index contributed by atoms with van der Waals surface area (Å²) in [4.78, 5) is 31.7. The monoisotopic (exact) mass is 688 g/mol. The third-order valence-corrected chi connectivity index (χ3v) is 9.83. The lowest BCUT2D eigenvalue weighted by atomic mass is 9.89. The molecular weight excluding hydrogens is 659 g/mol. The van der Waals surface area contributed by atoms with E-state index in [9.17, 15) is 18.0 Å². The fourth-order valence-electron chi connectivity index (χ4n) is 5.56. The van der Waals surface area contributed by atoms with E-state index in [0.29, 0.717) is 41.0 Å². The van der Waals surface area contributed by atoms with Crippen molar-refractivity contribution in [2.45, 2.75) is 25.7 Å². The Morgan fingerprint density at radius 1 is 0.936 bits per heavy atom. The number of hydrogen-bond donors (Lipinski definition) is 2. The maximum absolute atomic E-state index is 12.4. The van der Waals surface area contributed by atoms with Crippen LogP contribution >= 0.6 is 23.2 Å². The van der Waals surface area contributed by atoms with Gasteiger partial charge in [0, 0.05) is 17.0 Å². The zero-order valence-electron chi connectivity index (χ0n) is 25.2. The molecule has 0 saturated carbocycles. The van der Waals surface area contributed by atoms with Crippen molar-refractivity contribution in [3.05, 3.63) is 130 Å². The van der Waals surface area contributed by atoms with Crippen LogP contribution in [-0.2, 0) is 31.0 Å². The molecule has 1 atom stereocenters. The van der Waals surface area contributed by atoms with Crippen molar-refractivity contribution in [3.63, 3.8) is 0 Å². The second-order valence-corrected chi connectivity index (χ2v) is 13.4. The molecule has 12 heteroatoms. The quantitative estimate of drug-likeness (QED) is 0.154. The van der Waals surface area contributed by atoms with Crippen LogP contribution in [0.4, 0.5) is 5.69 Å². The number of esters is 1. The first kappa shape index (κ1) is 32.3. The molecule has 2 heterocycles. The number of halogens is 2. The molecule has 47 heavy (non-hydrogen) atoms. The van der Waals surface area contributed by atoms with Gasteiger partial charge < -0.3 is 9.72 Å². The number of hydrogen-bond acceptors (Lipinski definition) is 6. The number of H-pyrrole nitrogens is 1. The summed E-state index contributed by atoms with van der Waals surface area (Å²) in [7, 11) is -3.93. The molecule has 1 aliphatic heterocycles. The Bertz CT molecular complexity index is 2030. The van der Waals surface area contributed by atoms with Crippen molar-refractivity contribution in [3.8, 4) is 22.4 Å². The van der Waals surface area contributed by atoms with E-state index >= 15 is 0 Å². The summed E-state index contributed by atoms with van der Waals surface area (Å²) >= 11 is 12.6. The summed E-state index contributed by atoms with van der Waals surface area (Å²) in [6, 6.07) is 28.5. The number of nitrogens with one attached hydrogen (secondary N) is 2. The van der Waals surface area contributed by atoms with Gasteiger partial charge in [0.25, 0.3) is 5.91 Å². The van der Waals surface area contributed by atoms with Gasteiger partial charge in [-0.05, 0) is 71.5 Å². The van der Waals surface area contributed by atoms with E-state index in [1.165, 1.54) is 0 Å². The fourth-order valence-corrected chi connectivity index (χ4v) is 7.22. The smallest absolute Gasteiger partial charge is 0.326 e. The number of carbonyl (C=O) groups is 2. The highest BCUT2D eigenvalue weighted by molar-refractivity contribution is 7.92. The van der Waals surface area contributed by atoms with E-state index < -0.39 is 16.1 Å². The average Bonchev–Trinajstić information content (AvgIpc) is 3.64. The van der Waals surface area contributed by atoms with Crippen molar-refractivity contribution < 1.29 is 22.7 Å². The van der Waals surface area contributed by atoms with Gasteiger partial charge in [-0.2, -0.15) is 8.42 Å². The topological polar surface area (TPSA) is 121 Å². The van der Waals surface area contributed by atoms with Crippen molar-refractivity contribution >= 4 is 51.0 Å². The van der Waals surface area contributed by atoms with E-state index in [0.717, 1.165) is 43.4 Å². The van der Waals surface area contributed by atoms with Gasteiger partial charge in [0.2, 0.25) is 0 Å². The largest absolute Gasteiger partial charge is 0.466 e. The number of imidazole rings is 1. The van der Waals surface area contributed by atoms with Crippen LogP contribution in [-0.4, -0.2) is 43.4 Å². The zero-order chi connectivity index (χ0) is 33.1. The predicted octanol–water partition coefficient (Wildman–Crippen LogP) is 6.91. The van der Waals surface area contributed by atoms with E-state index in [4.69, 9.17) is 32.9 Å². The van der Waals surface area contributed by atoms with E-state index in [-0.39, 0.29) is 18.4 Å². The van der Waals surface area contributed by atoms with E-state index in [1.807, 2.05) is 71.5 Å². The second kappa shape index (κ2) is 13.6. The third-order valence-electron chi connectivity index (χ3n) is 7.88. The molecule has 1 aromatic heterocycles. The lowest BCUT2D eigenvalue weighted by Crippen LogP contribution is -2.29. The van der Waals surface area contributed by atoms with Crippen LogP contribution in [0.3, 0.4) is 0 Å². The number of aryl methyl sites for hydroxylation is 1. The number of anilines is 1. The Labute approximate surface area is 282 Å². The Kier molecular flexibility index (Phi) is 9.35. The molecule has 2 N–H and O–H groups in total. The fraction of sp³-hybridized carbons (Fsp3) is 0.171. The minimum absolute atomic E-state index is 0.204. The summed E-state index contributed by atoms with van der Waals surface area (Å²) in [6.45, 7) is 1.90. The second-order valence-electron chi connectivity index (χ2n) is 11.0. The standard InChI is InChI=1S/C35H30Cl2N4O5S/c1-2-46-33(43)18-5-22-3-6-23(7-4-22)24-8-10-25(11-9-24)34(35-38-20-31(39-35)29-17-14-27(36)19-30(29)37)26-12-15-28(16-13-26)41-21-32(42)40-47(41,44)45/h3-4,6-17,19-20,34H,2,5,18,21H2,1H3,(H,38,39)(H,40,42). The lowest BCUT2D eigenvalue weighted by Gasteiger charge is -2.19.